The molecule has 0 spiro atoms. The van der Waals surface area contributed by atoms with Crippen molar-refractivity contribution in [2.45, 2.75) is 18.9 Å². The van der Waals surface area contributed by atoms with Gasteiger partial charge in [-0.05, 0) is 24.5 Å². The van der Waals surface area contributed by atoms with E-state index in [-0.39, 0.29) is 17.9 Å². The molecule has 1 aromatic carbocycles. The van der Waals surface area contributed by atoms with Gasteiger partial charge in [0.2, 0.25) is 5.91 Å². The highest BCUT2D eigenvalue weighted by molar-refractivity contribution is 5.81. The van der Waals surface area contributed by atoms with Crippen molar-refractivity contribution in [3.8, 4) is 0 Å². The molecule has 1 amide bonds. The Balaban J connectivity index is 1.66. The van der Waals surface area contributed by atoms with Crippen molar-refractivity contribution in [1.29, 1.82) is 0 Å². The molecule has 0 aliphatic carbocycles. The van der Waals surface area contributed by atoms with Gasteiger partial charge in [-0.15, -0.1) is 0 Å². The van der Waals surface area contributed by atoms with Gasteiger partial charge in [-0.2, -0.15) is 0 Å². The zero-order valence-corrected chi connectivity index (χ0v) is 11.3. The average Bonchev–Trinajstić information content (AvgIpc) is 2.95. The first kappa shape index (κ1) is 12.5. The highest BCUT2D eigenvalue weighted by atomic mass is 16.5. The van der Waals surface area contributed by atoms with Gasteiger partial charge >= 0.3 is 0 Å². The molecular formula is C15H20N2O2. The van der Waals surface area contributed by atoms with E-state index in [2.05, 4.69) is 17.4 Å². The number of rotatable bonds is 2. The maximum absolute atomic E-state index is 12.5. The Labute approximate surface area is 113 Å². The van der Waals surface area contributed by atoms with Crippen molar-refractivity contribution in [3.63, 3.8) is 0 Å². The zero-order chi connectivity index (χ0) is 13.2. The topological polar surface area (TPSA) is 41.6 Å². The largest absolute Gasteiger partial charge is 0.384 e. The van der Waals surface area contributed by atoms with Crippen LogP contribution < -0.4 is 5.32 Å². The Morgan fingerprint density at radius 1 is 1.42 bits per heavy atom. The number of amides is 1. The molecule has 0 radical (unpaired) electrons. The molecule has 2 aliphatic heterocycles. The lowest BCUT2D eigenvalue weighted by atomic mass is 9.93. The summed E-state index contributed by atoms with van der Waals surface area (Å²) in [7, 11) is 1.72. The van der Waals surface area contributed by atoms with Crippen LogP contribution in [0.15, 0.2) is 24.3 Å². The van der Waals surface area contributed by atoms with Crippen molar-refractivity contribution in [1.82, 2.24) is 4.90 Å². The van der Waals surface area contributed by atoms with Gasteiger partial charge in [-0.1, -0.05) is 18.2 Å². The Morgan fingerprint density at radius 2 is 2.26 bits per heavy atom. The summed E-state index contributed by atoms with van der Waals surface area (Å²) in [6.07, 6.45) is 2.02. The molecule has 0 aromatic heterocycles. The molecule has 0 bridgehead atoms. The average molecular weight is 260 g/mol. The summed E-state index contributed by atoms with van der Waals surface area (Å²) in [5.74, 6) is 0.326. The summed E-state index contributed by atoms with van der Waals surface area (Å²) in [4.78, 5) is 14.5. The fraction of sp³-hybridized carbons (Fsp3) is 0.533. The van der Waals surface area contributed by atoms with Gasteiger partial charge < -0.3 is 15.0 Å². The molecule has 1 fully saturated rings. The molecule has 0 saturated carbocycles. The van der Waals surface area contributed by atoms with Gasteiger partial charge in [-0.3, -0.25) is 4.79 Å². The number of anilines is 1. The Kier molecular flexibility index (Phi) is 3.42. The number of likely N-dealkylation sites (tertiary alicyclic amines) is 1. The smallest absolute Gasteiger partial charge is 0.227 e. The van der Waals surface area contributed by atoms with E-state index in [1.54, 1.807) is 7.11 Å². The van der Waals surface area contributed by atoms with Crippen LogP contribution >= 0.6 is 0 Å². The van der Waals surface area contributed by atoms with E-state index in [0.29, 0.717) is 0 Å². The van der Waals surface area contributed by atoms with Crippen LogP contribution in [0.4, 0.5) is 5.69 Å². The van der Waals surface area contributed by atoms with E-state index >= 15 is 0 Å². The lowest BCUT2D eigenvalue weighted by Crippen LogP contribution is -2.40. The molecule has 1 saturated heterocycles. The van der Waals surface area contributed by atoms with E-state index in [0.717, 1.165) is 32.5 Å². The third kappa shape index (κ3) is 2.45. The number of nitrogens with zero attached hydrogens (tertiary/aromatic N) is 1. The van der Waals surface area contributed by atoms with Crippen LogP contribution in [0.5, 0.6) is 0 Å². The van der Waals surface area contributed by atoms with E-state index in [4.69, 9.17) is 4.74 Å². The molecule has 2 heterocycles. The van der Waals surface area contributed by atoms with Crippen molar-refractivity contribution < 1.29 is 9.53 Å². The number of para-hydroxylation sites is 1. The summed E-state index contributed by atoms with van der Waals surface area (Å²) in [5, 5.41) is 3.36. The summed E-state index contributed by atoms with van der Waals surface area (Å²) >= 11 is 0. The maximum Gasteiger partial charge on any atom is 0.227 e. The van der Waals surface area contributed by atoms with Gasteiger partial charge in [0.05, 0.1) is 12.0 Å². The normalized spacial score (nSPS) is 25.8. The standard InChI is InChI=1S/C15H20N2O2/c1-19-13-6-7-17(10-13)15(18)12-8-11-4-2-3-5-14(11)16-9-12/h2-5,12-13,16H,6-10H2,1H3. The van der Waals surface area contributed by atoms with E-state index in [1.165, 1.54) is 11.3 Å². The SMILES string of the molecule is COC1CCN(C(=O)C2CNc3ccccc3C2)C1. The number of fused-ring (bicyclic) bond motifs is 1. The lowest BCUT2D eigenvalue weighted by Gasteiger charge is -2.28. The van der Waals surface area contributed by atoms with E-state index in [9.17, 15) is 4.79 Å². The molecule has 2 atom stereocenters. The monoisotopic (exact) mass is 260 g/mol. The van der Waals surface area contributed by atoms with Gasteiger partial charge in [0, 0.05) is 32.4 Å². The number of ether oxygens (including phenoxy) is 1. The summed E-state index contributed by atoms with van der Waals surface area (Å²) in [6.45, 7) is 2.31. The molecule has 4 nitrogen and oxygen atoms in total. The quantitative estimate of drug-likeness (QED) is 0.876. The van der Waals surface area contributed by atoms with Crippen LogP contribution in [0.1, 0.15) is 12.0 Å². The molecule has 2 aliphatic rings. The van der Waals surface area contributed by atoms with Crippen LogP contribution in [0.25, 0.3) is 0 Å². The van der Waals surface area contributed by atoms with Crippen LogP contribution in [-0.4, -0.2) is 43.7 Å². The fourth-order valence-corrected chi connectivity index (χ4v) is 3.00. The molecule has 19 heavy (non-hydrogen) atoms. The number of benzene rings is 1. The Bertz CT molecular complexity index is 475. The minimum atomic E-state index is 0.0607. The third-order valence-electron chi connectivity index (χ3n) is 4.16. The number of carbonyl (C=O) groups is 1. The predicted octanol–water partition coefficient (Wildman–Crippen LogP) is 1.52. The lowest BCUT2D eigenvalue weighted by molar-refractivity contribution is -0.134. The van der Waals surface area contributed by atoms with E-state index < -0.39 is 0 Å². The fourth-order valence-electron chi connectivity index (χ4n) is 3.00. The molecular weight excluding hydrogens is 240 g/mol. The second kappa shape index (κ2) is 5.21. The Morgan fingerprint density at radius 3 is 3.05 bits per heavy atom. The molecule has 102 valence electrons. The van der Waals surface area contributed by atoms with Crippen LogP contribution in [-0.2, 0) is 16.0 Å². The maximum atomic E-state index is 12.5. The first-order valence-electron chi connectivity index (χ1n) is 6.91. The second-order valence-electron chi connectivity index (χ2n) is 5.37. The van der Waals surface area contributed by atoms with Gasteiger partial charge in [0.1, 0.15) is 0 Å². The number of nitrogens with one attached hydrogen (secondary N) is 1. The molecule has 3 rings (SSSR count). The Hall–Kier alpha value is -1.55. The number of hydrogen-bond donors (Lipinski definition) is 1. The van der Waals surface area contributed by atoms with Gasteiger partial charge in [-0.25, -0.2) is 0 Å². The van der Waals surface area contributed by atoms with Crippen LogP contribution in [0.2, 0.25) is 0 Å². The van der Waals surface area contributed by atoms with Crippen LogP contribution in [0, 0.1) is 5.92 Å². The molecule has 1 N–H and O–H groups in total. The highest BCUT2D eigenvalue weighted by Gasteiger charge is 2.32. The first-order chi connectivity index (χ1) is 9.28. The first-order valence-corrected chi connectivity index (χ1v) is 6.91. The van der Waals surface area contributed by atoms with Crippen LogP contribution in [0.3, 0.4) is 0 Å². The highest BCUT2D eigenvalue weighted by Crippen LogP contribution is 2.26. The van der Waals surface area contributed by atoms with Crippen molar-refractivity contribution in [3.05, 3.63) is 29.8 Å². The number of methoxy groups -OCH3 is 1. The van der Waals surface area contributed by atoms with E-state index in [1.807, 2.05) is 17.0 Å². The van der Waals surface area contributed by atoms with Crippen molar-refractivity contribution in [2.24, 2.45) is 5.92 Å². The van der Waals surface area contributed by atoms with Gasteiger partial charge in [0.25, 0.3) is 0 Å². The summed E-state index contributed by atoms with van der Waals surface area (Å²) < 4.78 is 5.33. The minimum Gasteiger partial charge on any atom is -0.384 e. The minimum absolute atomic E-state index is 0.0607. The molecule has 4 heteroatoms. The second-order valence-corrected chi connectivity index (χ2v) is 5.37. The predicted molar refractivity (Wildman–Crippen MR) is 74.1 cm³/mol. The molecule has 2 unspecified atom stereocenters. The summed E-state index contributed by atoms with van der Waals surface area (Å²) in [5.41, 5.74) is 2.41. The summed E-state index contributed by atoms with van der Waals surface area (Å²) in [6, 6.07) is 8.23. The van der Waals surface area contributed by atoms with Crippen molar-refractivity contribution in [2.75, 3.05) is 32.1 Å². The molecule has 1 aromatic rings. The number of hydrogen-bond acceptors (Lipinski definition) is 3. The van der Waals surface area contributed by atoms with Gasteiger partial charge in [0.15, 0.2) is 0 Å². The number of carbonyl (C=O) groups excluding carboxylic acids is 1. The zero-order valence-electron chi connectivity index (χ0n) is 11.3. The third-order valence-corrected chi connectivity index (χ3v) is 4.16. The van der Waals surface area contributed by atoms with Crippen molar-refractivity contribution >= 4 is 11.6 Å².